The van der Waals surface area contributed by atoms with Crippen LogP contribution in [-0.4, -0.2) is 29.8 Å². The molecule has 0 fully saturated rings. The molecular formula is C13H17N3O4S. The Hall–Kier alpha value is -2.02. The predicted octanol–water partition coefficient (Wildman–Crippen LogP) is 0.889. The Morgan fingerprint density at radius 2 is 1.81 bits per heavy atom. The van der Waals surface area contributed by atoms with Crippen LogP contribution in [0, 0.1) is 0 Å². The topological polar surface area (TPSA) is 123 Å². The molecule has 0 spiro atoms. The van der Waals surface area contributed by atoms with Crippen molar-refractivity contribution in [2.75, 3.05) is 0 Å². The minimum Gasteiger partial charge on any atom is -0.451 e. The summed E-state index contributed by atoms with van der Waals surface area (Å²) in [5, 5.41) is -1.06. The molecule has 8 heteroatoms. The Balaban J connectivity index is 3.20. The molecule has 0 aromatic heterocycles. The van der Waals surface area contributed by atoms with Crippen LogP contribution >= 0.6 is 0 Å². The van der Waals surface area contributed by atoms with Gasteiger partial charge in [-0.1, -0.05) is 12.1 Å². The molecule has 0 saturated heterocycles. The molecule has 0 radical (unpaired) electrons. The summed E-state index contributed by atoms with van der Waals surface area (Å²) in [6.07, 6.45) is 0. The number of sulfone groups is 1. The Bertz CT molecular complexity index is 681. The molecule has 7 nitrogen and oxygen atoms in total. The number of carbonyl (C=O) groups is 1. The zero-order valence-corrected chi connectivity index (χ0v) is 12.8. The lowest BCUT2D eigenvalue weighted by Gasteiger charge is -2.17. The summed E-state index contributed by atoms with van der Waals surface area (Å²) in [7, 11) is -4.26. The molecule has 1 rings (SSSR count). The molecule has 0 aliphatic carbocycles. The van der Waals surface area contributed by atoms with Crippen molar-refractivity contribution in [1.82, 2.24) is 0 Å². The van der Waals surface area contributed by atoms with E-state index in [0.29, 0.717) is 0 Å². The minimum absolute atomic E-state index is 0.182. The summed E-state index contributed by atoms with van der Waals surface area (Å²) in [5.41, 5.74) is 14.1. The van der Waals surface area contributed by atoms with Crippen molar-refractivity contribution in [1.29, 1.82) is 0 Å². The highest BCUT2D eigenvalue weighted by Crippen LogP contribution is 2.16. The van der Waals surface area contributed by atoms with Crippen LogP contribution in [0.5, 0.6) is 0 Å². The first-order chi connectivity index (χ1) is 9.61. The summed E-state index contributed by atoms with van der Waals surface area (Å²) in [6.45, 7) is 4.97. The maximum atomic E-state index is 12.3. The highest BCUT2D eigenvalue weighted by atomic mass is 32.2. The molecular weight excluding hydrogens is 294 g/mol. The third-order valence-electron chi connectivity index (χ3n) is 2.39. The van der Waals surface area contributed by atoms with Gasteiger partial charge in [-0.3, -0.25) is 0 Å². The van der Waals surface area contributed by atoms with Crippen molar-refractivity contribution in [3.05, 3.63) is 35.4 Å². The summed E-state index contributed by atoms with van der Waals surface area (Å²) in [6, 6.07) is 5.59. The lowest BCUT2D eigenvalue weighted by molar-refractivity contribution is -0.150. The van der Waals surface area contributed by atoms with Crippen molar-refractivity contribution >= 4 is 20.9 Å². The number of nitrogens with zero attached hydrogens (tertiary/aromatic N) is 2. The van der Waals surface area contributed by atoms with Crippen LogP contribution in [-0.2, 0) is 25.9 Å². The zero-order chi connectivity index (χ0) is 16.3. The van der Waals surface area contributed by atoms with Gasteiger partial charge >= 0.3 is 11.0 Å². The average molecular weight is 311 g/mol. The van der Waals surface area contributed by atoms with E-state index in [-0.39, 0.29) is 11.4 Å². The average Bonchev–Trinajstić information content (AvgIpc) is 2.37. The fraction of sp³-hybridized carbons (Fsp3) is 0.385. The number of hydrogen-bond donors (Lipinski definition) is 1. The number of hydrogen-bond acceptors (Lipinski definition) is 5. The van der Waals surface area contributed by atoms with E-state index in [4.69, 9.17) is 16.0 Å². The van der Waals surface area contributed by atoms with Gasteiger partial charge in [0.1, 0.15) is 5.60 Å². The summed E-state index contributed by atoms with van der Waals surface area (Å²) < 4.78 is 29.4. The Morgan fingerprint density at radius 3 is 2.19 bits per heavy atom. The van der Waals surface area contributed by atoms with Crippen molar-refractivity contribution < 1.29 is 22.7 Å². The largest absolute Gasteiger partial charge is 0.493 e. The highest BCUT2D eigenvalue weighted by molar-refractivity contribution is 8.08. The van der Waals surface area contributed by atoms with Crippen LogP contribution in [0.4, 0.5) is 0 Å². The fourth-order valence-electron chi connectivity index (χ4n) is 1.44. The van der Waals surface area contributed by atoms with Gasteiger partial charge in [-0.25, -0.2) is 13.2 Å². The van der Waals surface area contributed by atoms with E-state index >= 15 is 0 Å². The van der Waals surface area contributed by atoms with Crippen molar-refractivity contribution in [3.63, 3.8) is 0 Å². The quantitative estimate of drug-likeness (QED) is 0.285. The van der Waals surface area contributed by atoms with E-state index in [1.165, 1.54) is 24.3 Å². The van der Waals surface area contributed by atoms with Gasteiger partial charge in [-0.05, 0) is 38.5 Å². The first kappa shape index (κ1) is 17.0. The number of nitrogens with two attached hydrogens (primary N) is 1. The van der Waals surface area contributed by atoms with Crippen LogP contribution in [0.15, 0.2) is 29.2 Å². The molecule has 0 aliphatic heterocycles. The van der Waals surface area contributed by atoms with Gasteiger partial charge in [0, 0.05) is 6.54 Å². The molecule has 0 atom stereocenters. The summed E-state index contributed by atoms with van der Waals surface area (Å²) >= 11 is 0. The van der Waals surface area contributed by atoms with Crippen LogP contribution in [0.1, 0.15) is 26.3 Å². The van der Waals surface area contributed by atoms with Crippen molar-refractivity contribution in [3.8, 4) is 0 Å². The molecule has 1 aromatic carbocycles. The molecule has 21 heavy (non-hydrogen) atoms. The maximum Gasteiger partial charge on any atom is 0.493 e. The second-order valence-corrected chi connectivity index (χ2v) is 7.12. The minimum atomic E-state index is -4.26. The van der Waals surface area contributed by atoms with Crippen LogP contribution < -0.4 is 5.73 Å². The first-order valence-corrected chi connectivity index (χ1v) is 7.59. The molecule has 0 aliphatic rings. The lowest BCUT2D eigenvalue weighted by atomic mass is 10.2. The number of rotatable bonds is 2. The molecule has 2 N–H and O–H groups in total. The molecule has 0 heterocycles. The number of ether oxygens (including phenoxy) is 1. The second-order valence-electron chi connectivity index (χ2n) is 5.26. The zero-order valence-electron chi connectivity index (χ0n) is 12.0. The van der Waals surface area contributed by atoms with Gasteiger partial charge in [0.15, 0.2) is 0 Å². The number of benzene rings is 1. The van der Waals surface area contributed by atoms with Crippen molar-refractivity contribution in [2.45, 2.75) is 37.8 Å². The molecule has 0 amide bonds. The van der Waals surface area contributed by atoms with Crippen LogP contribution in [0.25, 0.3) is 5.53 Å². The molecule has 114 valence electrons. The lowest BCUT2D eigenvalue weighted by Crippen LogP contribution is -2.33. The Labute approximate surface area is 123 Å². The molecule has 1 aromatic rings. The summed E-state index contributed by atoms with van der Waals surface area (Å²) in [5.74, 6) is -1.21. The van der Waals surface area contributed by atoms with Gasteiger partial charge in [0.25, 0.3) is 9.84 Å². The van der Waals surface area contributed by atoms with Gasteiger partial charge in [0.2, 0.25) is 0 Å². The van der Waals surface area contributed by atoms with E-state index in [1.807, 2.05) is 0 Å². The first-order valence-electron chi connectivity index (χ1n) is 6.11. The predicted molar refractivity (Wildman–Crippen MR) is 76.0 cm³/mol. The molecule has 0 bridgehead atoms. The summed E-state index contributed by atoms with van der Waals surface area (Å²) in [4.78, 5) is 14.2. The van der Waals surface area contributed by atoms with Crippen LogP contribution in [0.2, 0.25) is 0 Å². The van der Waals surface area contributed by atoms with Gasteiger partial charge in [-0.15, -0.1) is 4.79 Å². The van der Waals surface area contributed by atoms with E-state index in [2.05, 4.69) is 4.79 Å². The van der Waals surface area contributed by atoms with Crippen molar-refractivity contribution in [2.24, 2.45) is 5.73 Å². The third-order valence-corrected chi connectivity index (χ3v) is 4.04. The van der Waals surface area contributed by atoms with E-state index in [1.54, 1.807) is 20.8 Å². The number of carbonyl (C=O) groups excluding carboxylic acids is 1. The normalized spacial score (nSPS) is 11.6. The monoisotopic (exact) mass is 311 g/mol. The molecule has 0 unspecified atom stereocenters. The number of esters is 1. The second kappa shape index (κ2) is 6.17. The highest BCUT2D eigenvalue weighted by Gasteiger charge is 2.41. The van der Waals surface area contributed by atoms with Gasteiger partial charge < -0.3 is 16.0 Å². The SMILES string of the molecule is CC(C)(C)OC(=O)C(=[N+]=[N-])S(=O)(=O)c1ccc(CN)cc1. The van der Waals surface area contributed by atoms with E-state index in [0.717, 1.165) is 5.56 Å². The standard InChI is InChI=1S/C13H17N3O4S/c1-13(2,3)20-12(17)11(16-15)21(18,19)10-6-4-9(8-14)5-7-10/h4-7H,8,14H2,1-3H3. The smallest absolute Gasteiger partial charge is 0.451 e. The van der Waals surface area contributed by atoms with Gasteiger partial charge in [0.05, 0.1) is 4.90 Å². The van der Waals surface area contributed by atoms with E-state index in [9.17, 15) is 13.2 Å². The van der Waals surface area contributed by atoms with Gasteiger partial charge in [-0.2, -0.15) is 0 Å². The molecule has 0 saturated carbocycles. The Morgan fingerprint density at radius 1 is 1.29 bits per heavy atom. The third kappa shape index (κ3) is 4.22. The van der Waals surface area contributed by atoms with Crippen LogP contribution in [0.3, 0.4) is 0 Å². The fourth-order valence-corrected chi connectivity index (χ4v) is 2.53. The van der Waals surface area contributed by atoms with E-state index < -0.39 is 26.5 Å². The Kier molecular flexibility index (Phi) is 5.01. The maximum absolute atomic E-state index is 12.3.